The summed E-state index contributed by atoms with van der Waals surface area (Å²) in [6.07, 6.45) is 1.97. The molecule has 1 aromatic carbocycles. The molecule has 4 nitrogen and oxygen atoms in total. The van der Waals surface area contributed by atoms with E-state index < -0.39 is 9.84 Å². The molecule has 0 radical (unpaired) electrons. The van der Waals surface area contributed by atoms with E-state index in [0.29, 0.717) is 10.6 Å². The van der Waals surface area contributed by atoms with Gasteiger partial charge in [0.25, 0.3) is 0 Å². The third-order valence-electron chi connectivity index (χ3n) is 3.24. The molecule has 1 heterocycles. The summed E-state index contributed by atoms with van der Waals surface area (Å²) in [6, 6.07) is 5.32. The van der Waals surface area contributed by atoms with E-state index in [2.05, 4.69) is 5.32 Å². The molecule has 0 aromatic heterocycles. The lowest BCUT2D eigenvalue weighted by Crippen LogP contribution is -2.30. The van der Waals surface area contributed by atoms with Crippen molar-refractivity contribution in [3.8, 4) is 5.75 Å². The van der Waals surface area contributed by atoms with Gasteiger partial charge in [-0.1, -0.05) is 6.07 Å². The lowest BCUT2D eigenvalue weighted by Gasteiger charge is -2.14. The Balaban J connectivity index is 2.30. The Morgan fingerprint density at radius 2 is 2.22 bits per heavy atom. The van der Waals surface area contributed by atoms with Crippen molar-refractivity contribution >= 4 is 9.84 Å². The van der Waals surface area contributed by atoms with Gasteiger partial charge in [0.15, 0.2) is 9.84 Å². The molecule has 1 aromatic rings. The summed E-state index contributed by atoms with van der Waals surface area (Å²) < 4.78 is 30.0. The Bertz CT molecular complexity index is 519. The fraction of sp³-hybridized carbons (Fsp3) is 0.538. The van der Waals surface area contributed by atoms with Crippen molar-refractivity contribution in [1.82, 2.24) is 5.32 Å². The summed E-state index contributed by atoms with van der Waals surface area (Å²) in [7, 11) is -1.80. The molecule has 5 heteroatoms. The highest BCUT2D eigenvalue weighted by molar-refractivity contribution is 7.91. The van der Waals surface area contributed by atoms with Crippen LogP contribution in [0.15, 0.2) is 23.1 Å². The van der Waals surface area contributed by atoms with Crippen LogP contribution < -0.4 is 10.1 Å². The minimum absolute atomic E-state index is 0.0696. The van der Waals surface area contributed by atoms with Crippen molar-refractivity contribution in [3.63, 3.8) is 0 Å². The van der Waals surface area contributed by atoms with Crippen LogP contribution in [0, 0.1) is 6.92 Å². The Labute approximate surface area is 108 Å². The Morgan fingerprint density at radius 3 is 2.83 bits per heavy atom. The van der Waals surface area contributed by atoms with Gasteiger partial charge in [-0.15, -0.1) is 0 Å². The lowest BCUT2D eigenvalue weighted by atomic mass is 10.2. The second kappa shape index (κ2) is 5.28. The van der Waals surface area contributed by atoms with E-state index in [0.717, 1.165) is 24.9 Å². The number of aryl methyl sites for hydroxylation is 1. The molecule has 1 atom stereocenters. The van der Waals surface area contributed by atoms with Crippen LogP contribution in [-0.4, -0.2) is 33.9 Å². The van der Waals surface area contributed by atoms with Gasteiger partial charge in [-0.2, -0.15) is 0 Å². The number of hydrogen-bond donors (Lipinski definition) is 1. The van der Waals surface area contributed by atoms with E-state index in [-0.39, 0.29) is 11.8 Å². The molecule has 0 spiro atoms. The molecule has 0 saturated carbocycles. The standard InChI is InChI=1S/C13H19NO3S/c1-10-5-6-12(17-2)13(8-10)18(15,16)9-11-4-3-7-14-11/h5-6,8,11,14H,3-4,7,9H2,1-2H3. The van der Waals surface area contributed by atoms with E-state index in [4.69, 9.17) is 4.74 Å². The first kappa shape index (κ1) is 13.4. The number of rotatable bonds is 4. The number of methoxy groups -OCH3 is 1. The van der Waals surface area contributed by atoms with E-state index in [1.807, 2.05) is 13.0 Å². The molecular weight excluding hydrogens is 250 g/mol. The molecule has 0 bridgehead atoms. The second-order valence-electron chi connectivity index (χ2n) is 4.73. The van der Waals surface area contributed by atoms with E-state index in [9.17, 15) is 8.42 Å². The van der Waals surface area contributed by atoms with Crippen LogP contribution in [0.25, 0.3) is 0 Å². The van der Waals surface area contributed by atoms with Gasteiger partial charge in [0.1, 0.15) is 10.6 Å². The third-order valence-corrected chi connectivity index (χ3v) is 5.07. The minimum Gasteiger partial charge on any atom is -0.495 e. The Morgan fingerprint density at radius 1 is 1.44 bits per heavy atom. The fourth-order valence-corrected chi connectivity index (χ4v) is 4.10. The fourth-order valence-electron chi connectivity index (χ4n) is 2.28. The van der Waals surface area contributed by atoms with Crippen LogP contribution >= 0.6 is 0 Å². The molecule has 0 aliphatic carbocycles. The number of benzene rings is 1. The summed E-state index contributed by atoms with van der Waals surface area (Å²) in [5.74, 6) is 0.575. The van der Waals surface area contributed by atoms with Gasteiger partial charge < -0.3 is 10.1 Å². The number of hydrogen-bond acceptors (Lipinski definition) is 4. The van der Waals surface area contributed by atoms with Crippen LogP contribution in [0.1, 0.15) is 18.4 Å². The Kier molecular flexibility index (Phi) is 3.92. The normalized spacial score (nSPS) is 20.0. The molecule has 1 aliphatic heterocycles. The van der Waals surface area contributed by atoms with Gasteiger partial charge >= 0.3 is 0 Å². The van der Waals surface area contributed by atoms with Crippen molar-refractivity contribution in [2.24, 2.45) is 0 Å². The molecule has 1 unspecified atom stereocenters. The molecule has 18 heavy (non-hydrogen) atoms. The van der Waals surface area contributed by atoms with Crippen LogP contribution in [-0.2, 0) is 9.84 Å². The van der Waals surface area contributed by atoms with E-state index >= 15 is 0 Å². The van der Waals surface area contributed by atoms with Gasteiger partial charge in [0.05, 0.1) is 12.9 Å². The predicted molar refractivity (Wildman–Crippen MR) is 70.8 cm³/mol. The number of ether oxygens (including phenoxy) is 1. The topological polar surface area (TPSA) is 55.4 Å². The molecule has 1 N–H and O–H groups in total. The molecule has 100 valence electrons. The lowest BCUT2D eigenvalue weighted by molar-refractivity contribution is 0.402. The maximum absolute atomic E-state index is 12.4. The number of nitrogens with one attached hydrogen (secondary N) is 1. The van der Waals surface area contributed by atoms with Gasteiger partial charge in [-0.3, -0.25) is 0 Å². The second-order valence-corrected chi connectivity index (χ2v) is 6.73. The van der Waals surface area contributed by atoms with Crippen molar-refractivity contribution < 1.29 is 13.2 Å². The maximum Gasteiger partial charge on any atom is 0.183 e. The van der Waals surface area contributed by atoms with Crippen LogP contribution in [0.3, 0.4) is 0 Å². The van der Waals surface area contributed by atoms with Gasteiger partial charge in [0, 0.05) is 6.04 Å². The van der Waals surface area contributed by atoms with Crippen LogP contribution in [0.4, 0.5) is 0 Å². The van der Waals surface area contributed by atoms with E-state index in [1.165, 1.54) is 7.11 Å². The van der Waals surface area contributed by atoms with Crippen molar-refractivity contribution in [2.45, 2.75) is 30.7 Å². The zero-order valence-corrected chi connectivity index (χ0v) is 11.6. The molecule has 1 fully saturated rings. The largest absolute Gasteiger partial charge is 0.495 e. The average molecular weight is 269 g/mol. The zero-order valence-electron chi connectivity index (χ0n) is 10.8. The predicted octanol–water partition coefficient (Wildman–Crippen LogP) is 1.53. The van der Waals surface area contributed by atoms with Crippen molar-refractivity contribution in [2.75, 3.05) is 19.4 Å². The highest BCUT2D eigenvalue weighted by atomic mass is 32.2. The van der Waals surface area contributed by atoms with Gasteiger partial charge in [-0.05, 0) is 44.0 Å². The molecule has 1 aliphatic rings. The summed E-state index contributed by atoms with van der Waals surface area (Å²) in [6.45, 7) is 2.79. The van der Waals surface area contributed by atoms with Gasteiger partial charge in [0.2, 0.25) is 0 Å². The molecular formula is C13H19NO3S. The quantitative estimate of drug-likeness (QED) is 0.900. The summed E-state index contributed by atoms with van der Waals surface area (Å²) in [5.41, 5.74) is 0.925. The molecule has 0 amide bonds. The highest BCUT2D eigenvalue weighted by Crippen LogP contribution is 2.27. The molecule has 2 rings (SSSR count). The van der Waals surface area contributed by atoms with E-state index in [1.54, 1.807) is 12.1 Å². The summed E-state index contributed by atoms with van der Waals surface area (Å²) >= 11 is 0. The monoisotopic (exact) mass is 269 g/mol. The first-order chi connectivity index (χ1) is 8.53. The Hall–Kier alpha value is -1.07. The minimum atomic E-state index is -3.30. The zero-order chi connectivity index (χ0) is 13.2. The summed E-state index contributed by atoms with van der Waals surface area (Å²) in [4.78, 5) is 0.304. The van der Waals surface area contributed by atoms with Crippen LogP contribution in [0.5, 0.6) is 5.75 Å². The van der Waals surface area contributed by atoms with Crippen molar-refractivity contribution in [1.29, 1.82) is 0 Å². The maximum atomic E-state index is 12.4. The van der Waals surface area contributed by atoms with Crippen LogP contribution in [0.2, 0.25) is 0 Å². The summed E-state index contributed by atoms with van der Waals surface area (Å²) in [5, 5.41) is 3.21. The van der Waals surface area contributed by atoms with Crippen molar-refractivity contribution in [3.05, 3.63) is 23.8 Å². The smallest absolute Gasteiger partial charge is 0.183 e. The molecule has 1 saturated heterocycles. The average Bonchev–Trinajstić information content (AvgIpc) is 2.81. The number of sulfone groups is 1. The highest BCUT2D eigenvalue weighted by Gasteiger charge is 2.26. The first-order valence-electron chi connectivity index (χ1n) is 6.14. The third kappa shape index (κ3) is 2.84. The SMILES string of the molecule is COc1ccc(C)cc1S(=O)(=O)CC1CCCN1. The van der Waals surface area contributed by atoms with Gasteiger partial charge in [-0.25, -0.2) is 8.42 Å². The first-order valence-corrected chi connectivity index (χ1v) is 7.79.